The average Bonchev–Trinajstić information content (AvgIpc) is 2.86. The predicted octanol–water partition coefficient (Wildman–Crippen LogP) is 2.77. The molecule has 1 saturated heterocycles. The van der Waals surface area contributed by atoms with Crippen LogP contribution in [0, 0.1) is 0 Å². The van der Waals surface area contributed by atoms with E-state index in [1.165, 1.54) is 0 Å². The molecular formula is C15H25N3O3. The minimum absolute atomic E-state index is 0.156. The number of morpholine rings is 1. The first kappa shape index (κ1) is 15.8. The highest BCUT2D eigenvalue weighted by Gasteiger charge is 2.30. The van der Waals surface area contributed by atoms with Gasteiger partial charge >= 0.3 is 6.09 Å². The summed E-state index contributed by atoms with van der Waals surface area (Å²) in [5, 5.41) is 0. The van der Waals surface area contributed by atoms with Gasteiger partial charge < -0.3 is 18.9 Å². The Kier molecular flexibility index (Phi) is 4.56. The average molecular weight is 295 g/mol. The van der Waals surface area contributed by atoms with Gasteiger partial charge in [-0.3, -0.25) is 0 Å². The van der Waals surface area contributed by atoms with E-state index in [-0.39, 0.29) is 12.2 Å². The van der Waals surface area contributed by atoms with Gasteiger partial charge in [0, 0.05) is 12.6 Å². The fraction of sp³-hybridized carbons (Fsp3) is 0.733. The predicted molar refractivity (Wildman–Crippen MR) is 79.1 cm³/mol. The number of rotatable bonds is 2. The molecule has 0 saturated carbocycles. The number of amides is 1. The lowest BCUT2D eigenvalue weighted by Crippen LogP contribution is -2.45. The van der Waals surface area contributed by atoms with E-state index in [9.17, 15) is 4.79 Å². The minimum atomic E-state index is -0.482. The van der Waals surface area contributed by atoms with E-state index in [0.29, 0.717) is 25.7 Å². The highest BCUT2D eigenvalue weighted by atomic mass is 16.6. The molecule has 6 heteroatoms. The van der Waals surface area contributed by atoms with Crippen molar-refractivity contribution in [1.29, 1.82) is 0 Å². The molecule has 1 aliphatic heterocycles. The summed E-state index contributed by atoms with van der Waals surface area (Å²) in [4.78, 5) is 18.1. The van der Waals surface area contributed by atoms with Crippen molar-refractivity contribution < 1.29 is 14.3 Å². The molecule has 6 nitrogen and oxygen atoms in total. The smallest absolute Gasteiger partial charge is 0.410 e. The third kappa shape index (κ3) is 3.97. The second kappa shape index (κ2) is 6.05. The van der Waals surface area contributed by atoms with Crippen molar-refractivity contribution in [2.75, 3.05) is 19.7 Å². The summed E-state index contributed by atoms with van der Waals surface area (Å²) >= 11 is 0. The van der Waals surface area contributed by atoms with Crippen LogP contribution in [0.1, 0.15) is 52.5 Å². The molecule has 1 atom stereocenters. The van der Waals surface area contributed by atoms with Gasteiger partial charge in [-0.05, 0) is 34.6 Å². The second-order valence-corrected chi connectivity index (χ2v) is 6.61. The van der Waals surface area contributed by atoms with Gasteiger partial charge in [-0.15, -0.1) is 0 Å². The van der Waals surface area contributed by atoms with Crippen LogP contribution >= 0.6 is 0 Å². The maximum atomic E-state index is 12.2. The number of carbonyl (C=O) groups is 1. The summed E-state index contributed by atoms with van der Waals surface area (Å²) in [5.41, 5.74) is 0.517. The molecule has 1 amide bonds. The molecule has 1 unspecified atom stereocenters. The lowest BCUT2D eigenvalue weighted by atomic mass is 10.2. The molecule has 118 valence electrons. The van der Waals surface area contributed by atoms with Crippen molar-refractivity contribution >= 4 is 6.09 Å². The molecule has 0 radical (unpaired) electrons. The van der Waals surface area contributed by atoms with Crippen LogP contribution in [0.2, 0.25) is 0 Å². The van der Waals surface area contributed by atoms with Crippen LogP contribution in [0.15, 0.2) is 12.5 Å². The topological polar surface area (TPSA) is 56.6 Å². The molecule has 2 heterocycles. The molecule has 1 aliphatic rings. The molecule has 0 aromatic carbocycles. The van der Waals surface area contributed by atoms with Crippen LogP contribution in [0.5, 0.6) is 0 Å². The molecule has 1 aromatic rings. The summed E-state index contributed by atoms with van der Waals surface area (Å²) < 4.78 is 13.3. The van der Waals surface area contributed by atoms with Crippen LogP contribution < -0.4 is 0 Å². The number of imidazole rings is 1. The molecule has 21 heavy (non-hydrogen) atoms. The standard InChI is InChI=1S/C15H25N3O3/c1-11(2)18-10-16-8-12(18)13-9-17(6-7-20-13)14(19)21-15(3,4)5/h8,10-11,13H,6-7,9H2,1-5H3. The first-order valence-corrected chi connectivity index (χ1v) is 7.39. The van der Waals surface area contributed by atoms with E-state index in [1.54, 1.807) is 11.2 Å². The molecule has 1 fully saturated rings. The summed E-state index contributed by atoms with van der Waals surface area (Å²) in [5.74, 6) is 0. The van der Waals surface area contributed by atoms with E-state index in [1.807, 2.05) is 27.0 Å². The maximum absolute atomic E-state index is 12.2. The number of ether oxygens (including phenoxy) is 2. The largest absolute Gasteiger partial charge is 0.444 e. The molecular weight excluding hydrogens is 270 g/mol. The van der Waals surface area contributed by atoms with Gasteiger partial charge in [0.05, 0.1) is 31.4 Å². The number of carbonyl (C=O) groups excluding carboxylic acids is 1. The molecule has 0 bridgehead atoms. The highest BCUT2D eigenvalue weighted by Crippen LogP contribution is 2.25. The lowest BCUT2D eigenvalue weighted by molar-refractivity contribution is -0.0460. The van der Waals surface area contributed by atoms with E-state index >= 15 is 0 Å². The highest BCUT2D eigenvalue weighted by molar-refractivity contribution is 5.68. The van der Waals surface area contributed by atoms with Gasteiger partial charge in [0.25, 0.3) is 0 Å². The zero-order valence-electron chi connectivity index (χ0n) is 13.5. The van der Waals surface area contributed by atoms with Crippen molar-refractivity contribution in [3.05, 3.63) is 18.2 Å². The summed E-state index contributed by atoms with van der Waals surface area (Å²) in [6, 6.07) is 0.308. The van der Waals surface area contributed by atoms with E-state index in [2.05, 4.69) is 23.4 Å². The van der Waals surface area contributed by atoms with Crippen LogP contribution in [-0.4, -0.2) is 45.8 Å². The number of hydrogen-bond acceptors (Lipinski definition) is 4. The van der Waals surface area contributed by atoms with Crippen molar-refractivity contribution in [2.24, 2.45) is 0 Å². The Morgan fingerprint density at radius 1 is 1.48 bits per heavy atom. The first-order valence-electron chi connectivity index (χ1n) is 7.39. The van der Waals surface area contributed by atoms with Gasteiger partial charge in [0.15, 0.2) is 0 Å². The molecule has 0 aliphatic carbocycles. The van der Waals surface area contributed by atoms with Crippen molar-refractivity contribution in [3.8, 4) is 0 Å². The van der Waals surface area contributed by atoms with Gasteiger partial charge in [0.2, 0.25) is 0 Å². The summed E-state index contributed by atoms with van der Waals surface area (Å²) in [6.07, 6.45) is 3.17. The van der Waals surface area contributed by atoms with Gasteiger partial charge in [0.1, 0.15) is 11.7 Å². The van der Waals surface area contributed by atoms with Crippen LogP contribution in [0.25, 0.3) is 0 Å². The van der Waals surface area contributed by atoms with Crippen molar-refractivity contribution in [1.82, 2.24) is 14.5 Å². The Morgan fingerprint density at radius 3 is 2.81 bits per heavy atom. The Labute approximate surface area is 126 Å². The number of hydrogen-bond donors (Lipinski definition) is 0. The molecule has 2 rings (SSSR count). The lowest BCUT2D eigenvalue weighted by Gasteiger charge is -2.34. The second-order valence-electron chi connectivity index (χ2n) is 6.61. The fourth-order valence-corrected chi connectivity index (χ4v) is 2.32. The SMILES string of the molecule is CC(C)n1cncc1C1CN(C(=O)OC(C)(C)C)CCO1. The monoisotopic (exact) mass is 295 g/mol. The normalized spacial score (nSPS) is 19.9. The van der Waals surface area contributed by atoms with Crippen molar-refractivity contribution in [3.63, 3.8) is 0 Å². The maximum Gasteiger partial charge on any atom is 0.410 e. The molecule has 0 spiro atoms. The van der Waals surface area contributed by atoms with E-state index in [4.69, 9.17) is 9.47 Å². The Hall–Kier alpha value is -1.56. The summed E-state index contributed by atoms with van der Waals surface area (Å²) in [7, 11) is 0. The Morgan fingerprint density at radius 2 is 2.19 bits per heavy atom. The zero-order valence-corrected chi connectivity index (χ0v) is 13.5. The van der Waals surface area contributed by atoms with Gasteiger partial charge in [-0.25, -0.2) is 9.78 Å². The Bertz CT molecular complexity index is 491. The first-order chi connectivity index (χ1) is 9.78. The summed E-state index contributed by atoms with van der Waals surface area (Å²) in [6.45, 7) is 11.4. The quantitative estimate of drug-likeness (QED) is 0.842. The van der Waals surface area contributed by atoms with E-state index < -0.39 is 5.60 Å². The fourth-order valence-electron chi connectivity index (χ4n) is 2.32. The van der Waals surface area contributed by atoms with E-state index in [0.717, 1.165) is 5.69 Å². The minimum Gasteiger partial charge on any atom is -0.444 e. The number of aromatic nitrogens is 2. The van der Waals surface area contributed by atoms with Crippen LogP contribution in [-0.2, 0) is 9.47 Å². The third-order valence-corrected chi connectivity index (χ3v) is 3.30. The number of nitrogens with zero attached hydrogens (tertiary/aromatic N) is 3. The van der Waals surface area contributed by atoms with Crippen LogP contribution in [0.4, 0.5) is 4.79 Å². The Balaban J connectivity index is 2.07. The molecule has 1 aromatic heterocycles. The molecule has 0 N–H and O–H groups in total. The van der Waals surface area contributed by atoms with Gasteiger partial charge in [-0.2, -0.15) is 0 Å². The third-order valence-electron chi connectivity index (χ3n) is 3.30. The van der Waals surface area contributed by atoms with Crippen molar-refractivity contribution in [2.45, 2.75) is 52.4 Å². The van der Waals surface area contributed by atoms with Gasteiger partial charge in [-0.1, -0.05) is 0 Å². The zero-order chi connectivity index (χ0) is 15.6. The van der Waals surface area contributed by atoms with Crippen LogP contribution in [0.3, 0.4) is 0 Å².